The summed E-state index contributed by atoms with van der Waals surface area (Å²) in [6, 6.07) is 4.01. The summed E-state index contributed by atoms with van der Waals surface area (Å²) in [5.41, 5.74) is 14.3. The van der Waals surface area contributed by atoms with E-state index in [9.17, 15) is 0 Å². The monoisotopic (exact) mass is 425 g/mol. The second kappa shape index (κ2) is 7.40. The van der Waals surface area contributed by atoms with Gasteiger partial charge in [-0.1, -0.05) is 11.8 Å². The minimum atomic E-state index is 0.0961. The standard InChI is InChI=1S/C21H27N7OS/c1-13-9-15(10-17(22)26-13)30-16-11-25-20(28-8-5-24-19(16)28)27-6-3-21(4-7-27)12-29-14(2)18(21)23/h5,8-11,14,18H,3-4,6-7,12,23H2,1-2H3,(H2,22,26). The SMILES string of the molecule is Cc1cc(Sc2cnc(N3CCC4(CC3)COC(C)C4N)n3ccnc23)cc(N)n1. The van der Waals surface area contributed by atoms with Crippen LogP contribution in [0.5, 0.6) is 0 Å². The Balaban J connectivity index is 1.40. The molecule has 0 aromatic carbocycles. The Hall–Kier alpha value is -2.36. The van der Waals surface area contributed by atoms with E-state index in [2.05, 4.69) is 26.2 Å². The number of aryl methyl sites for hydroxylation is 1. The maximum absolute atomic E-state index is 6.47. The molecule has 3 aromatic heterocycles. The van der Waals surface area contributed by atoms with E-state index < -0.39 is 0 Å². The first kappa shape index (κ1) is 19.6. The molecule has 0 aliphatic carbocycles. The largest absolute Gasteiger partial charge is 0.384 e. The minimum absolute atomic E-state index is 0.0961. The number of anilines is 2. The van der Waals surface area contributed by atoms with Gasteiger partial charge in [0.05, 0.1) is 17.6 Å². The molecule has 2 unspecified atom stereocenters. The number of rotatable bonds is 3. The lowest BCUT2D eigenvalue weighted by molar-refractivity contribution is 0.0973. The molecule has 0 saturated carbocycles. The number of piperidine rings is 1. The third-order valence-corrected chi connectivity index (χ3v) is 7.42. The number of hydrogen-bond donors (Lipinski definition) is 2. The number of aromatic nitrogens is 4. The van der Waals surface area contributed by atoms with Gasteiger partial charge in [-0.05, 0) is 38.8 Å². The van der Waals surface area contributed by atoms with Crippen LogP contribution >= 0.6 is 11.8 Å². The van der Waals surface area contributed by atoms with Crippen molar-refractivity contribution in [2.24, 2.45) is 11.1 Å². The van der Waals surface area contributed by atoms with Crippen molar-refractivity contribution in [3.63, 3.8) is 0 Å². The molecule has 5 heterocycles. The number of hydrogen-bond acceptors (Lipinski definition) is 8. The summed E-state index contributed by atoms with van der Waals surface area (Å²) in [6.07, 6.45) is 7.88. The van der Waals surface area contributed by atoms with E-state index in [0.717, 1.165) is 59.6 Å². The second-order valence-corrected chi connectivity index (χ2v) is 9.52. The molecule has 158 valence electrons. The molecular formula is C21H27N7OS. The summed E-state index contributed by atoms with van der Waals surface area (Å²) in [5, 5.41) is 0. The normalized spacial score (nSPS) is 23.5. The smallest absolute Gasteiger partial charge is 0.211 e. The molecule has 2 aliphatic heterocycles. The highest BCUT2D eigenvalue weighted by atomic mass is 32.2. The van der Waals surface area contributed by atoms with Crippen LogP contribution in [0.3, 0.4) is 0 Å². The van der Waals surface area contributed by atoms with Crippen molar-refractivity contribution in [2.45, 2.75) is 48.6 Å². The van der Waals surface area contributed by atoms with Gasteiger partial charge in [-0.15, -0.1) is 0 Å². The Morgan fingerprint density at radius 3 is 2.73 bits per heavy atom. The second-order valence-electron chi connectivity index (χ2n) is 8.41. The van der Waals surface area contributed by atoms with Crippen molar-refractivity contribution in [1.82, 2.24) is 19.4 Å². The highest BCUT2D eigenvalue weighted by Crippen LogP contribution is 2.42. The van der Waals surface area contributed by atoms with Crippen LogP contribution in [-0.2, 0) is 4.74 Å². The molecule has 0 radical (unpaired) electrons. The lowest BCUT2D eigenvalue weighted by atomic mass is 9.73. The van der Waals surface area contributed by atoms with Crippen LogP contribution in [0.2, 0.25) is 0 Å². The Morgan fingerprint density at radius 2 is 2.03 bits per heavy atom. The van der Waals surface area contributed by atoms with E-state index in [0.29, 0.717) is 5.82 Å². The lowest BCUT2D eigenvalue weighted by Gasteiger charge is -2.41. The molecule has 30 heavy (non-hydrogen) atoms. The molecule has 2 aliphatic rings. The fourth-order valence-corrected chi connectivity index (χ4v) is 5.67. The van der Waals surface area contributed by atoms with Crippen LogP contribution in [-0.4, -0.2) is 51.2 Å². The number of imidazole rings is 1. The molecule has 0 bridgehead atoms. The third-order valence-electron chi connectivity index (χ3n) is 6.44. The van der Waals surface area contributed by atoms with Gasteiger partial charge >= 0.3 is 0 Å². The molecular weight excluding hydrogens is 398 g/mol. The number of nitrogens with zero attached hydrogens (tertiary/aromatic N) is 5. The van der Waals surface area contributed by atoms with Crippen molar-refractivity contribution >= 4 is 29.2 Å². The number of pyridine rings is 1. The molecule has 2 saturated heterocycles. The molecule has 2 fully saturated rings. The molecule has 2 atom stereocenters. The highest BCUT2D eigenvalue weighted by Gasteiger charge is 2.47. The van der Waals surface area contributed by atoms with Crippen molar-refractivity contribution in [3.05, 3.63) is 36.4 Å². The number of fused-ring (bicyclic) bond motifs is 1. The van der Waals surface area contributed by atoms with Gasteiger partial charge in [0.1, 0.15) is 5.82 Å². The first-order valence-corrected chi connectivity index (χ1v) is 11.1. The zero-order valence-corrected chi connectivity index (χ0v) is 18.1. The molecule has 5 rings (SSSR count). The van der Waals surface area contributed by atoms with Crippen molar-refractivity contribution in [2.75, 3.05) is 30.3 Å². The Morgan fingerprint density at radius 1 is 1.23 bits per heavy atom. The van der Waals surface area contributed by atoms with Gasteiger partial charge in [-0.3, -0.25) is 4.40 Å². The third kappa shape index (κ3) is 3.30. The molecule has 8 nitrogen and oxygen atoms in total. The predicted octanol–water partition coefficient (Wildman–Crippen LogP) is 2.50. The van der Waals surface area contributed by atoms with Gasteiger partial charge in [0.15, 0.2) is 5.65 Å². The minimum Gasteiger partial charge on any atom is -0.384 e. The summed E-state index contributed by atoms with van der Waals surface area (Å²) >= 11 is 1.60. The van der Waals surface area contributed by atoms with Crippen LogP contribution in [0.1, 0.15) is 25.5 Å². The summed E-state index contributed by atoms with van der Waals surface area (Å²) in [5.74, 6) is 1.44. The summed E-state index contributed by atoms with van der Waals surface area (Å²) in [7, 11) is 0. The van der Waals surface area contributed by atoms with E-state index in [1.165, 1.54) is 0 Å². The van der Waals surface area contributed by atoms with Crippen LogP contribution in [0, 0.1) is 12.3 Å². The fraction of sp³-hybridized carbons (Fsp3) is 0.476. The zero-order valence-electron chi connectivity index (χ0n) is 17.3. The summed E-state index contributed by atoms with van der Waals surface area (Å²) in [4.78, 5) is 18.0. The average Bonchev–Trinajstić information content (AvgIpc) is 3.31. The van der Waals surface area contributed by atoms with Crippen LogP contribution < -0.4 is 16.4 Å². The topological polar surface area (TPSA) is 108 Å². The zero-order chi connectivity index (χ0) is 20.9. The molecule has 0 amide bonds. The predicted molar refractivity (Wildman–Crippen MR) is 118 cm³/mol. The molecule has 4 N–H and O–H groups in total. The average molecular weight is 426 g/mol. The molecule has 1 spiro atoms. The maximum Gasteiger partial charge on any atom is 0.211 e. The Bertz CT molecular complexity index is 1060. The van der Waals surface area contributed by atoms with Gasteiger partial charge in [0, 0.05) is 53.7 Å². The maximum atomic E-state index is 6.47. The van der Waals surface area contributed by atoms with Crippen molar-refractivity contribution in [3.8, 4) is 0 Å². The molecule has 9 heteroatoms. The first-order chi connectivity index (χ1) is 14.4. The van der Waals surface area contributed by atoms with E-state index in [1.807, 2.05) is 37.6 Å². The lowest BCUT2D eigenvalue weighted by Crippen LogP contribution is -2.51. The van der Waals surface area contributed by atoms with Gasteiger partial charge in [-0.2, -0.15) is 0 Å². The van der Waals surface area contributed by atoms with Crippen molar-refractivity contribution < 1.29 is 4.74 Å². The van der Waals surface area contributed by atoms with Crippen LogP contribution in [0.15, 0.2) is 40.5 Å². The number of nitrogens with two attached hydrogens (primary N) is 2. The number of ether oxygens (including phenoxy) is 1. The van der Waals surface area contributed by atoms with Gasteiger partial charge in [-0.25, -0.2) is 15.0 Å². The summed E-state index contributed by atoms with van der Waals surface area (Å²) < 4.78 is 7.93. The Kier molecular flexibility index (Phi) is 4.83. The molecule has 3 aromatic rings. The van der Waals surface area contributed by atoms with Crippen molar-refractivity contribution in [1.29, 1.82) is 0 Å². The van der Waals surface area contributed by atoms with E-state index in [-0.39, 0.29) is 17.6 Å². The van der Waals surface area contributed by atoms with E-state index in [1.54, 1.807) is 11.8 Å². The van der Waals surface area contributed by atoms with Crippen LogP contribution in [0.25, 0.3) is 5.65 Å². The highest BCUT2D eigenvalue weighted by molar-refractivity contribution is 7.99. The fourth-order valence-electron chi connectivity index (χ4n) is 4.66. The van der Waals surface area contributed by atoms with Gasteiger partial charge in [0.2, 0.25) is 5.95 Å². The summed E-state index contributed by atoms with van der Waals surface area (Å²) in [6.45, 7) is 6.61. The first-order valence-electron chi connectivity index (χ1n) is 10.3. The Labute approximate surface area is 180 Å². The number of nitrogen functional groups attached to an aromatic ring is 1. The van der Waals surface area contributed by atoms with Crippen LogP contribution in [0.4, 0.5) is 11.8 Å². The van der Waals surface area contributed by atoms with Gasteiger partial charge in [0.25, 0.3) is 0 Å². The van der Waals surface area contributed by atoms with Gasteiger partial charge < -0.3 is 21.1 Å². The van der Waals surface area contributed by atoms with E-state index in [4.69, 9.17) is 21.2 Å². The van der Waals surface area contributed by atoms with E-state index >= 15 is 0 Å². The quantitative estimate of drug-likeness (QED) is 0.659.